The molecule has 1 aliphatic rings. The molecule has 4 rings (SSSR count). The summed E-state index contributed by atoms with van der Waals surface area (Å²) in [6.07, 6.45) is 2.14. The van der Waals surface area contributed by atoms with Gasteiger partial charge in [0.05, 0.1) is 11.2 Å². The normalized spacial score (nSPS) is 15.8. The summed E-state index contributed by atoms with van der Waals surface area (Å²) in [5, 5.41) is 5.60. The molecule has 1 aromatic heterocycles. The summed E-state index contributed by atoms with van der Waals surface area (Å²) in [5.41, 5.74) is 2.50. The lowest BCUT2D eigenvalue weighted by atomic mass is 9.99. The first-order chi connectivity index (χ1) is 11.7. The molecule has 2 heterocycles. The fourth-order valence-corrected chi connectivity index (χ4v) is 3.35. The SMILES string of the molecule is CC1CCN(C(=O)c2nn(-c3ccccc3)c3ccccc23)CC1. The zero-order valence-electron chi connectivity index (χ0n) is 13.9. The zero-order chi connectivity index (χ0) is 16.5. The first kappa shape index (κ1) is 14.9. The van der Waals surface area contributed by atoms with Gasteiger partial charge in [-0.3, -0.25) is 4.79 Å². The van der Waals surface area contributed by atoms with E-state index in [9.17, 15) is 4.79 Å². The highest BCUT2D eigenvalue weighted by Crippen LogP contribution is 2.25. The molecule has 2 aromatic carbocycles. The molecular formula is C20H21N3O. The van der Waals surface area contributed by atoms with Gasteiger partial charge in [0.2, 0.25) is 0 Å². The fourth-order valence-electron chi connectivity index (χ4n) is 3.35. The average Bonchev–Trinajstić information content (AvgIpc) is 3.02. The van der Waals surface area contributed by atoms with Crippen molar-refractivity contribution in [3.05, 3.63) is 60.3 Å². The Morgan fingerprint density at radius 3 is 2.42 bits per heavy atom. The fraction of sp³-hybridized carbons (Fsp3) is 0.300. The van der Waals surface area contributed by atoms with Crippen LogP contribution in [0.4, 0.5) is 0 Å². The molecule has 0 saturated carbocycles. The number of amides is 1. The third kappa shape index (κ3) is 2.58. The summed E-state index contributed by atoms with van der Waals surface area (Å²) in [7, 11) is 0. The molecule has 3 aromatic rings. The minimum absolute atomic E-state index is 0.0489. The van der Waals surface area contributed by atoms with Crippen LogP contribution in [0.5, 0.6) is 0 Å². The standard InChI is InChI=1S/C20H21N3O/c1-15-11-13-22(14-12-15)20(24)19-17-9-5-6-10-18(17)23(21-19)16-7-3-2-4-8-16/h2-10,15H,11-14H2,1H3. The van der Waals surface area contributed by atoms with Gasteiger partial charge in [0.1, 0.15) is 0 Å². The molecular weight excluding hydrogens is 298 g/mol. The number of aromatic nitrogens is 2. The third-order valence-electron chi connectivity index (χ3n) is 4.86. The van der Waals surface area contributed by atoms with E-state index in [-0.39, 0.29) is 5.91 Å². The van der Waals surface area contributed by atoms with Crippen molar-refractivity contribution in [1.29, 1.82) is 0 Å². The van der Waals surface area contributed by atoms with Gasteiger partial charge in [0.25, 0.3) is 5.91 Å². The van der Waals surface area contributed by atoms with Crippen LogP contribution in [0.3, 0.4) is 0 Å². The lowest BCUT2D eigenvalue weighted by molar-refractivity contribution is 0.0692. The molecule has 1 aliphatic heterocycles. The monoisotopic (exact) mass is 319 g/mol. The molecule has 1 amide bonds. The van der Waals surface area contributed by atoms with Crippen LogP contribution in [0.2, 0.25) is 0 Å². The molecule has 0 N–H and O–H groups in total. The van der Waals surface area contributed by atoms with Crippen molar-refractivity contribution < 1.29 is 4.79 Å². The van der Waals surface area contributed by atoms with Gasteiger partial charge in [0, 0.05) is 18.5 Å². The second-order valence-electron chi connectivity index (χ2n) is 6.59. The molecule has 0 radical (unpaired) electrons. The van der Waals surface area contributed by atoms with E-state index >= 15 is 0 Å². The Morgan fingerprint density at radius 2 is 1.67 bits per heavy atom. The quantitative estimate of drug-likeness (QED) is 0.718. The average molecular weight is 319 g/mol. The van der Waals surface area contributed by atoms with Gasteiger partial charge < -0.3 is 4.90 Å². The Morgan fingerprint density at radius 1 is 1.00 bits per heavy atom. The molecule has 0 bridgehead atoms. The number of nitrogens with zero attached hydrogens (tertiary/aromatic N) is 3. The van der Waals surface area contributed by atoms with Crippen molar-refractivity contribution in [2.24, 2.45) is 5.92 Å². The van der Waals surface area contributed by atoms with Crippen molar-refractivity contribution >= 4 is 16.8 Å². The van der Waals surface area contributed by atoms with E-state index in [1.165, 1.54) is 0 Å². The van der Waals surface area contributed by atoms with Crippen LogP contribution >= 0.6 is 0 Å². The number of likely N-dealkylation sites (tertiary alicyclic amines) is 1. The highest BCUT2D eigenvalue weighted by Gasteiger charge is 2.25. The summed E-state index contributed by atoms with van der Waals surface area (Å²) >= 11 is 0. The number of hydrogen-bond donors (Lipinski definition) is 0. The van der Waals surface area contributed by atoms with E-state index in [0.717, 1.165) is 42.5 Å². The van der Waals surface area contributed by atoms with Crippen molar-refractivity contribution in [3.8, 4) is 5.69 Å². The van der Waals surface area contributed by atoms with E-state index in [4.69, 9.17) is 0 Å². The van der Waals surface area contributed by atoms with Crippen LogP contribution in [0.1, 0.15) is 30.3 Å². The third-order valence-corrected chi connectivity index (χ3v) is 4.86. The van der Waals surface area contributed by atoms with Crippen molar-refractivity contribution in [2.75, 3.05) is 13.1 Å². The summed E-state index contributed by atoms with van der Waals surface area (Å²) in [4.78, 5) is 15.0. The van der Waals surface area contributed by atoms with Crippen LogP contribution in [-0.2, 0) is 0 Å². The van der Waals surface area contributed by atoms with Crippen LogP contribution in [0, 0.1) is 5.92 Å². The van der Waals surface area contributed by atoms with Gasteiger partial charge in [-0.1, -0.05) is 43.3 Å². The van der Waals surface area contributed by atoms with Gasteiger partial charge in [-0.15, -0.1) is 0 Å². The van der Waals surface area contributed by atoms with E-state index in [2.05, 4.69) is 12.0 Å². The Bertz CT molecular complexity index is 861. The maximum absolute atomic E-state index is 13.0. The Kier molecular flexibility index (Phi) is 3.81. The van der Waals surface area contributed by atoms with Gasteiger partial charge in [-0.2, -0.15) is 5.10 Å². The molecule has 0 aliphatic carbocycles. The minimum atomic E-state index is 0.0489. The summed E-state index contributed by atoms with van der Waals surface area (Å²) in [6.45, 7) is 3.90. The molecule has 1 fully saturated rings. The lowest BCUT2D eigenvalue weighted by Crippen LogP contribution is -2.38. The number of benzene rings is 2. The molecule has 24 heavy (non-hydrogen) atoms. The van der Waals surface area contributed by atoms with Crippen molar-refractivity contribution in [2.45, 2.75) is 19.8 Å². The summed E-state index contributed by atoms with van der Waals surface area (Å²) in [5.74, 6) is 0.750. The molecule has 4 nitrogen and oxygen atoms in total. The van der Waals surface area contributed by atoms with Crippen molar-refractivity contribution in [3.63, 3.8) is 0 Å². The van der Waals surface area contributed by atoms with Crippen LogP contribution in [0.25, 0.3) is 16.6 Å². The highest BCUT2D eigenvalue weighted by molar-refractivity contribution is 6.05. The largest absolute Gasteiger partial charge is 0.337 e. The summed E-state index contributed by atoms with van der Waals surface area (Å²) in [6, 6.07) is 17.9. The minimum Gasteiger partial charge on any atom is -0.337 e. The van der Waals surface area contributed by atoms with Gasteiger partial charge in [-0.25, -0.2) is 4.68 Å². The second kappa shape index (κ2) is 6.11. The molecule has 0 spiro atoms. The number of rotatable bonds is 2. The topological polar surface area (TPSA) is 38.1 Å². The van der Waals surface area contributed by atoms with Gasteiger partial charge in [0.15, 0.2) is 5.69 Å². The zero-order valence-corrected chi connectivity index (χ0v) is 13.9. The maximum Gasteiger partial charge on any atom is 0.275 e. The molecule has 122 valence electrons. The smallest absolute Gasteiger partial charge is 0.275 e. The Labute approximate surface area is 141 Å². The number of carbonyl (C=O) groups excluding carboxylic acids is 1. The van der Waals surface area contributed by atoms with E-state index in [0.29, 0.717) is 11.6 Å². The number of para-hydroxylation sites is 2. The second-order valence-corrected chi connectivity index (χ2v) is 6.59. The molecule has 0 atom stereocenters. The first-order valence-electron chi connectivity index (χ1n) is 8.56. The lowest BCUT2D eigenvalue weighted by Gasteiger charge is -2.29. The van der Waals surface area contributed by atoms with E-state index < -0.39 is 0 Å². The predicted molar refractivity (Wildman–Crippen MR) is 95.4 cm³/mol. The Balaban J connectivity index is 1.78. The molecule has 1 saturated heterocycles. The van der Waals surface area contributed by atoms with E-state index in [1.54, 1.807) is 0 Å². The first-order valence-corrected chi connectivity index (χ1v) is 8.56. The van der Waals surface area contributed by atoms with Crippen LogP contribution < -0.4 is 0 Å². The number of carbonyl (C=O) groups is 1. The number of fused-ring (bicyclic) bond motifs is 1. The number of hydrogen-bond acceptors (Lipinski definition) is 2. The van der Waals surface area contributed by atoms with Gasteiger partial charge >= 0.3 is 0 Å². The predicted octanol–water partition coefficient (Wildman–Crippen LogP) is 3.90. The Hall–Kier alpha value is -2.62. The molecule has 0 unspecified atom stereocenters. The maximum atomic E-state index is 13.0. The van der Waals surface area contributed by atoms with Gasteiger partial charge in [-0.05, 0) is 37.0 Å². The van der Waals surface area contributed by atoms with Crippen molar-refractivity contribution in [1.82, 2.24) is 14.7 Å². The summed E-state index contributed by atoms with van der Waals surface area (Å²) < 4.78 is 1.87. The number of piperidine rings is 1. The van der Waals surface area contributed by atoms with Crippen LogP contribution in [-0.4, -0.2) is 33.7 Å². The van der Waals surface area contributed by atoms with Crippen LogP contribution in [0.15, 0.2) is 54.6 Å². The van der Waals surface area contributed by atoms with E-state index in [1.807, 2.05) is 64.2 Å². The highest BCUT2D eigenvalue weighted by atomic mass is 16.2. The molecule has 4 heteroatoms.